The second-order valence-corrected chi connectivity index (χ2v) is 2.53. The Balaban J connectivity index is 2.82. The van der Waals surface area contributed by atoms with E-state index in [4.69, 9.17) is 4.74 Å². The second-order valence-electron chi connectivity index (χ2n) is 2.53. The van der Waals surface area contributed by atoms with Crippen LogP contribution in [0.25, 0.3) is 0 Å². The number of rotatable bonds is 4. The molecule has 0 saturated carbocycles. The summed E-state index contributed by atoms with van der Waals surface area (Å²) in [5.74, 6) is -0.401. The molecule has 0 atom stereocenters. The predicted octanol–water partition coefficient (Wildman–Crippen LogP) is 1.34. The molecular formula is C10H10NO3. The van der Waals surface area contributed by atoms with Gasteiger partial charge in [-0.2, -0.15) is 0 Å². The highest BCUT2D eigenvalue weighted by Crippen LogP contribution is 2.10. The first-order chi connectivity index (χ1) is 6.77. The molecule has 73 valence electrons. The van der Waals surface area contributed by atoms with Crippen LogP contribution in [-0.4, -0.2) is 19.0 Å². The summed E-state index contributed by atoms with van der Waals surface area (Å²) in [6.07, 6.45) is 1.53. The summed E-state index contributed by atoms with van der Waals surface area (Å²) in [7, 11) is 0. The van der Waals surface area contributed by atoms with Gasteiger partial charge in [-0.25, -0.2) is 4.79 Å². The zero-order valence-electron chi connectivity index (χ0n) is 7.74. The van der Waals surface area contributed by atoms with Crippen molar-refractivity contribution in [3.8, 4) is 0 Å². The summed E-state index contributed by atoms with van der Waals surface area (Å²) < 4.78 is 4.80. The van der Waals surface area contributed by atoms with Crippen molar-refractivity contribution < 1.29 is 14.3 Å². The summed E-state index contributed by atoms with van der Waals surface area (Å²) in [5.41, 5.74) is 0.928. The molecule has 1 radical (unpaired) electrons. The minimum Gasteiger partial charge on any atom is -0.462 e. The lowest BCUT2D eigenvalue weighted by molar-refractivity contribution is 0.0526. The highest BCUT2D eigenvalue weighted by Gasteiger charge is 2.05. The zero-order valence-corrected chi connectivity index (χ0v) is 7.74. The first-order valence-electron chi connectivity index (χ1n) is 4.18. The van der Waals surface area contributed by atoms with Crippen LogP contribution in [0.5, 0.6) is 0 Å². The molecule has 1 aromatic rings. The smallest absolute Gasteiger partial charge is 0.338 e. The van der Waals surface area contributed by atoms with E-state index in [0.717, 1.165) is 0 Å². The van der Waals surface area contributed by atoms with Gasteiger partial charge in [-0.15, -0.1) is 0 Å². The van der Waals surface area contributed by atoms with Gasteiger partial charge >= 0.3 is 12.4 Å². The summed E-state index contributed by atoms with van der Waals surface area (Å²) >= 11 is 0. The molecular weight excluding hydrogens is 182 g/mol. The van der Waals surface area contributed by atoms with E-state index in [0.29, 0.717) is 17.9 Å². The van der Waals surface area contributed by atoms with Crippen molar-refractivity contribution in [2.45, 2.75) is 6.92 Å². The Hall–Kier alpha value is -1.84. The van der Waals surface area contributed by atoms with E-state index >= 15 is 0 Å². The third-order valence-electron chi connectivity index (χ3n) is 1.57. The molecule has 1 amide bonds. The van der Waals surface area contributed by atoms with Gasteiger partial charge in [0, 0.05) is 5.69 Å². The Labute approximate surface area is 81.9 Å². The number of anilines is 1. The first kappa shape index (κ1) is 10.2. The first-order valence-corrected chi connectivity index (χ1v) is 4.18. The van der Waals surface area contributed by atoms with Crippen molar-refractivity contribution in [2.24, 2.45) is 0 Å². The van der Waals surface area contributed by atoms with E-state index in [9.17, 15) is 9.59 Å². The van der Waals surface area contributed by atoms with Crippen LogP contribution in [0.15, 0.2) is 24.3 Å². The number of hydrogen-bond donors (Lipinski definition) is 1. The van der Waals surface area contributed by atoms with Crippen molar-refractivity contribution in [1.29, 1.82) is 0 Å². The highest BCUT2D eigenvalue weighted by atomic mass is 16.5. The average Bonchev–Trinajstić information content (AvgIpc) is 2.19. The summed E-state index contributed by atoms with van der Waals surface area (Å²) in [4.78, 5) is 21.3. The molecule has 14 heavy (non-hydrogen) atoms. The van der Waals surface area contributed by atoms with E-state index in [2.05, 4.69) is 5.32 Å². The number of carbonyl (C=O) groups excluding carboxylic acids is 2. The third kappa shape index (κ3) is 2.58. The molecule has 0 fully saturated rings. The Morgan fingerprint density at radius 3 is 3.00 bits per heavy atom. The summed E-state index contributed by atoms with van der Waals surface area (Å²) in [6.45, 7) is 2.06. The number of esters is 1. The number of ether oxygens (including phenoxy) is 1. The van der Waals surface area contributed by atoms with Gasteiger partial charge < -0.3 is 10.1 Å². The Bertz CT molecular complexity index is 336. The van der Waals surface area contributed by atoms with Crippen molar-refractivity contribution in [1.82, 2.24) is 0 Å². The van der Waals surface area contributed by atoms with Gasteiger partial charge in [0.2, 0.25) is 0 Å². The Morgan fingerprint density at radius 2 is 2.36 bits per heavy atom. The van der Waals surface area contributed by atoms with Crippen LogP contribution in [0.2, 0.25) is 0 Å². The summed E-state index contributed by atoms with van der Waals surface area (Å²) in [6, 6.07) is 6.47. The van der Waals surface area contributed by atoms with Crippen LogP contribution < -0.4 is 5.32 Å². The minimum atomic E-state index is -0.401. The van der Waals surface area contributed by atoms with E-state index in [1.807, 2.05) is 0 Å². The maximum Gasteiger partial charge on any atom is 0.338 e. The molecule has 1 N–H and O–H groups in total. The number of hydrogen-bond acceptors (Lipinski definition) is 3. The standard InChI is InChI=1S/C10H10NO3/c1-2-14-10(13)8-4-3-5-9(6-8)11-7-12/h3-6H,2H2,1H3,(H,11,12). The molecule has 0 aliphatic heterocycles. The van der Waals surface area contributed by atoms with Gasteiger partial charge in [-0.1, -0.05) is 6.07 Å². The fourth-order valence-electron chi connectivity index (χ4n) is 0.997. The number of nitrogens with one attached hydrogen (secondary N) is 1. The number of amides is 1. The van der Waals surface area contributed by atoms with Gasteiger partial charge in [0.15, 0.2) is 0 Å². The van der Waals surface area contributed by atoms with Crippen LogP contribution in [0.3, 0.4) is 0 Å². The molecule has 0 heterocycles. The SMILES string of the molecule is CCOC(=O)c1cccc(N[C]=O)c1. The lowest BCUT2D eigenvalue weighted by Gasteiger charge is -2.03. The highest BCUT2D eigenvalue weighted by molar-refractivity contribution is 5.91. The van der Waals surface area contributed by atoms with E-state index in [1.54, 1.807) is 25.1 Å². The molecule has 0 saturated heterocycles. The quantitative estimate of drug-likeness (QED) is 0.578. The van der Waals surface area contributed by atoms with Gasteiger partial charge in [-0.05, 0) is 25.1 Å². The van der Waals surface area contributed by atoms with E-state index in [1.165, 1.54) is 12.5 Å². The van der Waals surface area contributed by atoms with Gasteiger partial charge in [0.1, 0.15) is 0 Å². The largest absolute Gasteiger partial charge is 0.462 e. The molecule has 0 aromatic heterocycles. The molecule has 0 aliphatic rings. The van der Waals surface area contributed by atoms with Crippen molar-refractivity contribution >= 4 is 18.1 Å². The number of carbonyl (C=O) groups is 1. The molecule has 4 heteroatoms. The third-order valence-corrected chi connectivity index (χ3v) is 1.57. The maximum absolute atomic E-state index is 11.3. The van der Waals surface area contributed by atoms with Crippen LogP contribution in [0.1, 0.15) is 17.3 Å². The van der Waals surface area contributed by atoms with Crippen molar-refractivity contribution in [3.63, 3.8) is 0 Å². The van der Waals surface area contributed by atoms with Gasteiger partial charge in [-0.3, -0.25) is 4.79 Å². The monoisotopic (exact) mass is 192 g/mol. The molecule has 0 bridgehead atoms. The van der Waals surface area contributed by atoms with E-state index in [-0.39, 0.29) is 0 Å². The topological polar surface area (TPSA) is 55.4 Å². The van der Waals surface area contributed by atoms with Gasteiger partial charge in [0.25, 0.3) is 0 Å². The van der Waals surface area contributed by atoms with E-state index < -0.39 is 5.97 Å². The molecule has 0 spiro atoms. The van der Waals surface area contributed by atoms with Gasteiger partial charge in [0.05, 0.1) is 12.2 Å². The molecule has 0 unspecified atom stereocenters. The maximum atomic E-state index is 11.3. The molecule has 4 nitrogen and oxygen atoms in total. The zero-order chi connectivity index (χ0) is 10.4. The second kappa shape index (κ2) is 5.01. The fourth-order valence-corrected chi connectivity index (χ4v) is 0.997. The van der Waals surface area contributed by atoms with Crippen LogP contribution >= 0.6 is 0 Å². The fraction of sp³-hybridized carbons (Fsp3) is 0.200. The normalized spacial score (nSPS) is 9.21. The van der Waals surface area contributed by atoms with Crippen LogP contribution in [0, 0.1) is 0 Å². The Morgan fingerprint density at radius 1 is 1.57 bits per heavy atom. The average molecular weight is 192 g/mol. The molecule has 0 aliphatic carbocycles. The van der Waals surface area contributed by atoms with Crippen molar-refractivity contribution in [2.75, 3.05) is 11.9 Å². The number of benzene rings is 1. The predicted molar refractivity (Wildman–Crippen MR) is 51.7 cm³/mol. The molecule has 1 rings (SSSR count). The molecule has 1 aromatic carbocycles. The lowest BCUT2D eigenvalue weighted by atomic mass is 10.2. The van der Waals surface area contributed by atoms with Crippen LogP contribution in [0.4, 0.5) is 5.69 Å². The van der Waals surface area contributed by atoms with Crippen LogP contribution in [-0.2, 0) is 9.53 Å². The minimum absolute atomic E-state index is 0.330. The Kier molecular flexibility index (Phi) is 3.67. The van der Waals surface area contributed by atoms with Crippen molar-refractivity contribution in [3.05, 3.63) is 29.8 Å². The summed E-state index contributed by atoms with van der Waals surface area (Å²) in [5, 5.41) is 2.33. The lowest BCUT2D eigenvalue weighted by Crippen LogP contribution is -2.05.